The summed E-state index contributed by atoms with van der Waals surface area (Å²) in [7, 11) is 0. The second-order valence-corrected chi connectivity index (χ2v) is 8.49. The average molecular weight is 296 g/mol. The SMILES string of the molecule is CC(C)(C)OC(=O)NC1CCC(NCC2CC2(C)C)CC1. The third-order valence-electron chi connectivity index (χ3n) is 4.82. The molecule has 2 saturated carbocycles. The topological polar surface area (TPSA) is 50.4 Å². The summed E-state index contributed by atoms with van der Waals surface area (Å²) in [5.74, 6) is 0.857. The van der Waals surface area contributed by atoms with Gasteiger partial charge in [0, 0.05) is 12.1 Å². The Balaban J connectivity index is 1.61. The maximum atomic E-state index is 11.8. The first-order valence-corrected chi connectivity index (χ1v) is 8.38. The number of hydrogen-bond acceptors (Lipinski definition) is 3. The summed E-state index contributed by atoms with van der Waals surface area (Å²) in [6, 6.07) is 0.897. The molecule has 2 fully saturated rings. The number of alkyl carbamates (subject to hydrolysis) is 1. The van der Waals surface area contributed by atoms with Crippen molar-refractivity contribution >= 4 is 6.09 Å². The van der Waals surface area contributed by atoms with Gasteiger partial charge in [-0.05, 0) is 70.8 Å². The van der Waals surface area contributed by atoms with Crippen molar-refractivity contribution in [2.45, 2.75) is 84.4 Å². The molecular weight excluding hydrogens is 264 g/mol. The minimum Gasteiger partial charge on any atom is -0.444 e. The summed E-state index contributed by atoms with van der Waals surface area (Å²) in [5, 5.41) is 6.70. The zero-order chi connectivity index (χ0) is 15.7. The highest BCUT2D eigenvalue weighted by molar-refractivity contribution is 5.68. The third-order valence-corrected chi connectivity index (χ3v) is 4.82. The first-order valence-electron chi connectivity index (χ1n) is 8.38. The molecule has 0 radical (unpaired) electrons. The van der Waals surface area contributed by atoms with Crippen LogP contribution in [0.2, 0.25) is 0 Å². The highest BCUT2D eigenvalue weighted by Gasteiger charge is 2.45. The number of amides is 1. The predicted molar refractivity (Wildman–Crippen MR) is 85.3 cm³/mol. The van der Waals surface area contributed by atoms with Crippen LogP contribution in [0, 0.1) is 11.3 Å². The van der Waals surface area contributed by atoms with Gasteiger partial charge in [-0.3, -0.25) is 0 Å². The normalized spacial score (nSPS) is 31.6. The average Bonchev–Trinajstić information content (AvgIpc) is 2.94. The molecule has 21 heavy (non-hydrogen) atoms. The van der Waals surface area contributed by atoms with Crippen LogP contribution in [0.5, 0.6) is 0 Å². The molecule has 0 aromatic heterocycles. The van der Waals surface area contributed by atoms with Crippen molar-refractivity contribution in [3.05, 3.63) is 0 Å². The van der Waals surface area contributed by atoms with E-state index in [1.54, 1.807) is 0 Å². The minimum atomic E-state index is -0.417. The molecule has 2 aliphatic carbocycles. The van der Waals surface area contributed by atoms with Gasteiger partial charge in [-0.15, -0.1) is 0 Å². The van der Waals surface area contributed by atoms with Crippen LogP contribution in [-0.2, 0) is 4.74 Å². The van der Waals surface area contributed by atoms with Gasteiger partial charge in [0.1, 0.15) is 5.60 Å². The quantitative estimate of drug-likeness (QED) is 0.835. The van der Waals surface area contributed by atoms with Crippen LogP contribution < -0.4 is 10.6 Å². The van der Waals surface area contributed by atoms with Crippen LogP contribution in [0.1, 0.15) is 66.7 Å². The fourth-order valence-electron chi connectivity index (χ4n) is 3.15. The van der Waals surface area contributed by atoms with E-state index in [2.05, 4.69) is 24.5 Å². The van der Waals surface area contributed by atoms with E-state index in [1.807, 2.05) is 20.8 Å². The standard InChI is InChI=1S/C17H32N2O2/c1-16(2,3)21-15(20)19-14-8-6-13(7-9-14)18-11-12-10-17(12,4)5/h12-14,18H,6-11H2,1-5H3,(H,19,20). The maximum absolute atomic E-state index is 11.8. The lowest BCUT2D eigenvalue weighted by Gasteiger charge is -2.30. The molecule has 122 valence electrons. The van der Waals surface area contributed by atoms with Crippen LogP contribution in [0.3, 0.4) is 0 Å². The van der Waals surface area contributed by atoms with Crippen LogP contribution >= 0.6 is 0 Å². The molecule has 0 saturated heterocycles. The molecule has 1 unspecified atom stereocenters. The fraction of sp³-hybridized carbons (Fsp3) is 0.941. The van der Waals surface area contributed by atoms with Crippen molar-refractivity contribution in [2.24, 2.45) is 11.3 Å². The van der Waals surface area contributed by atoms with Crippen LogP contribution in [0.15, 0.2) is 0 Å². The zero-order valence-corrected chi connectivity index (χ0v) is 14.3. The van der Waals surface area contributed by atoms with Gasteiger partial charge in [-0.25, -0.2) is 4.79 Å². The van der Waals surface area contributed by atoms with E-state index in [0.29, 0.717) is 11.5 Å². The van der Waals surface area contributed by atoms with E-state index in [0.717, 1.165) is 38.1 Å². The van der Waals surface area contributed by atoms with E-state index in [9.17, 15) is 4.79 Å². The molecule has 1 atom stereocenters. The lowest BCUT2D eigenvalue weighted by molar-refractivity contribution is 0.0489. The van der Waals surface area contributed by atoms with Crippen LogP contribution in [0.4, 0.5) is 4.79 Å². The Morgan fingerprint density at radius 2 is 1.67 bits per heavy atom. The summed E-state index contributed by atoms with van der Waals surface area (Å²) >= 11 is 0. The van der Waals surface area contributed by atoms with Crippen molar-refractivity contribution in [3.63, 3.8) is 0 Å². The Hall–Kier alpha value is -0.770. The van der Waals surface area contributed by atoms with Crippen molar-refractivity contribution in [1.29, 1.82) is 0 Å². The van der Waals surface area contributed by atoms with Gasteiger partial charge in [0.2, 0.25) is 0 Å². The molecule has 2 aliphatic rings. The zero-order valence-electron chi connectivity index (χ0n) is 14.3. The molecule has 0 spiro atoms. The van der Waals surface area contributed by atoms with Gasteiger partial charge < -0.3 is 15.4 Å². The molecule has 1 amide bonds. The molecular formula is C17H32N2O2. The molecule has 0 aromatic carbocycles. The van der Waals surface area contributed by atoms with E-state index in [1.165, 1.54) is 6.42 Å². The molecule has 2 rings (SSSR count). The van der Waals surface area contributed by atoms with Gasteiger partial charge in [0.05, 0.1) is 0 Å². The smallest absolute Gasteiger partial charge is 0.407 e. The molecule has 4 nitrogen and oxygen atoms in total. The summed E-state index contributed by atoms with van der Waals surface area (Å²) in [5.41, 5.74) is 0.141. The number of ether oxygens (including phenoxy) is 1. The van der Waals surface area contributed by atoms with Gasteiger partial charge in [-0.1, -0.05) is 13.8 Å². The van der Waals surface area contributed by atoms with Gasteiger partial charge in [0.15, 0.2) is 0 Å². The Morgan fingerprint density at radius 1 is 1.14 bits per heavy atom. The number of rotatable bonds is 4. The largest absolute Gasteiger partial charge is 0.444 e. The maximum Gasteiger partial charge on any atom is 0.407 e. The number of hydrogen-bond donors (Lipinski definition) is 2. The Morgan fingerprint density at radius 3 is 2.14 bits per heavy atom. The molecule has 0 aromatic rings. The molecule has 4 heteroatoms. The molecule has 0 heterocycles. The summed E-state index contributed by atoms with van der Waals surface area (Å²) in [4.78, 5) is 11.8. The first-order chi connectivity index (χ1) is 9.66. The highest BCUT2D eigenvalue weighted by atomic mass is 16.6. The molecule has 2 N–H and O–H groups in total. The number of carbonyl (C=O) groups excluding carboxylic acids is 1. The highest BCUT2D eigenvalue weighted by Crippen LogP contribution is 2.51. The monoisotopic (exact) mass is 296 g/mol. The van der Waals surface area contributed by atoms with E-state index < -0.39 is 5.60 Å². The first kappa shape index (κ1) is 16.6. The predicted octanol–water partition coefficient (Wildman–Crippen LogP) is 3.46. The van der Waals surface area contributed by atoms with Gasteiger partial charge in [0.25, 0.3) is 0 Å². The van der Waals surface area contributed by atoms with E-state index in [-0.39, 0.29) is 12.1 Å². The Bertz CT molecular complexity index is 365. The van der Waals surface area contributed by atoms with Crippen molar-refractivity contribution < 1.29 is 9.53 Å². The van der Waals surface area contributed by atoms with E-state index in [4.69, 9.17) is 4.74 Å². The number of nitrogens with one attached hydrogen (secondary N) is 2. The van der Waals surface area contributed by atoms with Crippen LogP contribution in [-0.4, -0.2) is 30.3 Å². The molecule has 0 aliphatic heterocycles. The van der Waals surface area contributed by atoms with Gasteiger partial charge >= 0.3 is 6.09 Å². The van der Waals surface area contributed by atoms with Crippen molar-refractivity contribution in [3.8, 4) is 0 Å². The van der Waals surface area contributed by atoms with Crippen LogP contribution in [0.25, 0.3) is 0 Å². The minimum absolute atomic E-state index is 0.273. The second kappa shape index (κ2) is 6.15. The third kappa shape index (κ3) is 5.50. The molecule has 0 bridgehead atoms. The van der Waals surface area contributed by atoms with E-state index >= 15 is 0 Å². The summed E-state index contributed by atoms with van der Waals surface area (Å²) in [6.45, 7) is 11.5. The Labute approximate surface area is 129 Å². The second-order valence-electron chi connectivity index (χ2n) is 8.49. The van der Waals surface area contributed by atoms with Crippen molar-refractivity contribution in [1.82, 2.24) is 10.6 Å². The fourth-order valence-corrected chi connectivity index (χ4v) is 3.15. The summed E-state index contributed by atoms with van der Waals surface area (Å²) in [6.07, 6.45) is 5.46. The van der Waals surface area contributed by atoms with Gasteiger partial charge in [-0.2, -0.15) is 0 Å². The van der Waals surface area contributed by atoms with Crippen molar-refractivity contribution in [2.75, 3.05) is 6.54 Å². The summed E-state index contributed by atoms with van der Waals surface area (Å²) < 4.78 is 5.31. The lowest BCUT2D eigenvalue weighted by Crippen LogP contribution is -2.44. The lowest BCUT2D eigenvalue weighted by atomic mass is 9.91. The number of carbonyl (C=O) groups is 1. The Kier molecular flexibility index (Phi) is 4.86.